The second-order valence-corrected chi connectivity index (χ2v) is 6.76. The van der Waals surface area contributed by atoms with Crippen molar-refractivity contribution in [2.75, 3.05) is 19.4 Å². The number of amides is 1. The first-order valence-electron chi connectivity index (χ1n) is 8.48. The third-order valence-electron chi connectivity index (χ3n) is 4.41. The van der Waals surface area contributed by atoms with Crippen LogP contribution in [0.5, 0.6) is 0 Å². The van der Waals surface area contributed by atoms with Crippen molar-refractivity contribution in [3.05, 3.63) is 52.8 Å². The predicted octanol–water partition coefficient (Wildman–Crippen LogP) is 3.09. The van der Waals surface area contributed by atoms with Crippen LogP contribution in [0, 0.1) is 0 Å². The first-order chi connectivity index (χ1) is 11.5. The van der Waals surface area contributed by atoms with Gasteiger partial charge in [-0.1, -0.05) is 12.5 Å². The van der Waals surface area contributed by atoms with E-state index in [0.717, 1.165) is 49.2 Å². The molecular formula is C19H25N3O2. The third-order valence-corrected chi connectivity index (χ3v) is 4.41. The van der Waals surface area contributed by atoms with Crippen molar-refractivity contribution in [3.63, 3.8) is 0 Å². The minimum Gasteiger partial charge on any atom is -0.388 e. The van der Waals surface area contributed by atoms with E-state index in [9.17, 15) is 9.90 Å². The smallest absolute Gasteiger partial charge is 0.272 e. The summed E-state index contributed by atoms with van der Waals surface area (Å²) >= 11 is 0. The summed E-state index contributed by atoms with van der Waals surface area (Å²) in [4.78, 5) is 17.6. The summed E-state index contributed by atoms with van der Waals surface area (Å²) in [5, 5.41) is 13.2. The number of hydrogen-bond acceptors (Lipinski definition) is 3. The molecule has 0 bridgehead atoms. The van der Waals surface area contributed by atoms with Crippen LogP contribution in [-0.2, 0) is 13.0 Å². The number of aliphatic hydroxyl groups is 1. The zero-order valence-electron chi connectivity index (χ0n) is 14.3. The molecular weight excluding hydrogens is 302 g/mol. The van der Waals surface area contributed by atoms with Crippen molar-refractivity contribution < 1.29 is 9.90 Å². The van der Waals surface area contributed by atoms with Gasteiger partial charge >= 0.3 is 0 Å². The molecule has 1 aliphatic rings. The van der Waals surface area contributed by atoms with Gasteiger partial charge in [0.2, 0.25) is 0 Å². The van der Waals surface area contributed by atoms with E-state index in [0.29, 0.717) is 5.69 Å². The molecule has 2 aromatic rings. The summed E-state index contributed by atoms with van der Waals surface area (Å²) in [6, 6.07) is 9.57. The molecule has 1 amide bonds. The molecule has 1 atom stereocenters. The van der Waals surface area contributed by atoms with E-state index in [1.165, 1.54) is 5.56 Å². The van der Waals surface area contributed by atoms with Crippen LogP contribution < -0.4 is 5.32 Å². The lowest BCUT2D eigenvalue weighted by Crippen LogP contribution is -2.14. The van der Waals surface area contributed by atoms with E-state index in [1.54, 1.807) is 6.07 Å². The number of hydrogen-bond donors (Lipinski definition) is 3. The van der Waals surface area contributed by atoms with Crippen LogP contribution in [0.1, 0.15) is 52.7 Å². The standard InChI is InChI=1S/C19H25N3O2/c1-22(2)12-15-9-10-17(20-15)19(24)21-14-8-7-13-5-3-4-6-18(23)16(13)11-14/h7-11,18,20,23H,3-6,12H2,1-2H3,(H,21,24). The number of nitrogens with one attached hydrogen (secondary N) is 2. The summed E-state index contributed by atoms with van der Waals surface area (Å²) in [5.41, 5.74) is 4.41. The van der Waals surface area contributed by atoms with E-state index < -0.39 is 6.10 Å². The van der Waals surface area contributed by atoms with Gasteiger partial charge < -0.3 is 20.3 Å². The highest BCUT2D eigenvalue weighted by atomic mass is 16.3. The van der Waals surface area contributed by atoms with Crippen molar-refractivity contribution in [1.82, 2.24) is 9.88 Å². The summed E-state index contributed by atoms with van der Waals surface area (Å²) in [5.74, 6) is -0.164. The van der Waals surface area contributed by atoms with Crippen molar-refractivity contribution in [3.8, 4) is 0 Å². The Hall–Kier alpha value is -2.11. The Morgan fingerprint density at radius 3 is 2.92 bits per heavy atom. The van der Waals surface area contributed by atoms with Crippen LogP contribution in [0.25, 0.3) is 0 Å². The van der Waals surface area contributed by atoms with Crippen molar-refractivity contribution in [2.24, 2.45) is 0 Å². The number of aromatic nitrogens is 1. The number of fused-ring (bicyclic) bond motifs is 1. The summed E-state index contributed by atoms with van der Waals surface area (Å²) < 4.78 is 0. The molecule has 3 N–H and O–H groups in total. The molecule has 1 aromatic heterocycles. The fourth-order valence-corrected chi connectivity index (χ4v) is 3.22. The molecule has 128 valence electrons. The van der Waals surface area contributed by atoms with Gasteiger partial charge in [0.05, 0.1) is 6.10 Å². The Labute approximate surface area is 142 Å². The van der Waals surface area contributed by atoms with E-state index in [2.05, 4.69) is 10.3 Å². The number of rotatable bonds is 4. The fraction of sp³-hybridized carbons (Fsp3) is 0.421. The van der Waals surface area contributed by atoms with Crippen molar-refractivity contribution in [1.29, 1.82) is 0 Å². The highest BCUT2D eigenvalue weighted by Crippen LogP contribution is 2.30. The Morgan fingerprint density at radius 1 is 1.29 bits per heavy atom. The van der Waals surface area contributed by atoms with Gasteiger partial charge in [0.1, 0.15) is 5.69 Å². The Bertz CT molecular complexity index is 721. The summed E-state index contributed by atoms with van der Waals surface area (Å²) in [7, 11) is 3.98. The third kappa shape index (κ3) is 3.86. The zero-order chi connectivity index (χ0) is 17.1. The number of aryl methyl sites for hydroxylation is 1. The van der Waals surface area contributed by atoms with Gasteiger partial charge in [-0.25, -0.2) is 0 Å². The Kier molecular flexibility index (Phi) is 5.02. The minimum atomic E-state index is -0.434. The van der Waals surface area contributed by atoms with Crippen molar-refractivity contribution >= 4 is 11.6 Å². The maximum Gasteiger partial charge on any atom is 0.272 e. The maximum absolute atomic E-state index is 12.4. The van der Waals surface area contributed by atoms with E-state index >= 15 is 0 Å². The Balaban J connectivity index is 1.74. The van der Waals surface area contributed by atoms with Gasteiger partial charge in [-0.15, -0.1) is 0 Å². The molecule has 0 radical (unpaired) electrons. The number of nitrogens with zero attached hydrogens (tertiary/aromatic N) is 1. The fourth-order valence-electron chi connectivity index (χ4n) is 3.22. The number of benzene rings is 1. The lowest BCUT2D eigenvalue weighted by atomic mass is 10.0. The molecule has 5 nitrogen and oxygen atoms in total. The second-order valence-electron chi connectivity index (χ2n) is 6.76. The van der Waals surface area contributed by atoms with Crippen LogP contribution in [0.4, 0.5) is 5.69 Å². The largest absolute Gasteiger partial charge is 0.388 e. The SMILES string of the molecule is CN(C)Cc1ccc(C(=O)Nc2ccc3c(c2)C(O)CCCC3)[nH]1. The molecule has 1 unspecified atom stereocenters. The zero-order valence-corrected chi connectivity index (χ0v) is 14.3. The molecule has 24 heavy (non-hydrogen) atoms. The minimum absolute atomic E-state index is 0.164. The van der Waals surface area contributed by atoms with Gasteiger partial charge in [-0.05, 0) is 68.8 Å². The molecule has 0 aliphatic heterocycles. The van der Waals surface area contributed by atoms with E-state index in [-0.39, 0.29) is 5.91 Å². The molecule has 0 spiro atoms. The molecule has 1 aliphatic carbocycles. The predicted molar refractivity (Wildman–Crippen MR) is 95.1 cm³/mol. The molecule has 0 fully saturated rings. The normalized spacial score (nSPS) is 17.4. The quantitative estimate of drug-likeness (QED) is 0.756. The lowest BCUT2D eigenvalue weighted by molar-refractivity contribution is 0.102. The molecule has 5 heteroatoms. The van der Waals surface area contributed by atoms with Gasteiger partial charge in [0, 0.05) is 17.9 Å². The number of aromatic amines is 1. The number of carbonyl (C=O) groups is 1. The maximum atomic E-state index is 12.4. The van der Waals surface area contributed by atoms with Crippen LogP contribution >= 0.6 is 0 Å². The summed E-state index contributed by atoms with van der Waals surface area (Å²) in [6.45, 7) is 0.762. The lowest BCUT2D eigenvalue weighted by Gasteiger charge is -2.14. The molecule has 0 saturated heterocycles. The molecule has 1 aromatic carbocycles. The Morgan fingerprint density at radius 2 is 2.12 bits per heavy atom. The molecule has 3 rings (SSSR count). The highest BCUT2D eigenvalue weighted by molar-refractivity contribution is 6.03. The number of anilines is 1. The van der Waals surface area contributed by atoms with Crippen LogP contribution in [-0.4, -0.2) is 35.0 Å². The van der Waals surface area contributed by atoms with Gasteiger partial charge in [0.15, 0.2) is 0 Å². The van der Waals surface area contributed by atoms with Gasteiger partial charge in [-0.3, -0.25) is 4.79 Å². The molecule has 1 heterocycles. The monoisotopic (exact) mass is 327 g/mol. The second kappa shape index (κ2) is 7.20. The van der Waals surface area contributed by atoms with Crippen molar-refractivity contribution in [2.45, 2.75) is 38.3 Å². The van der Waals surface area contributed by atoms with Gasteiger partial charge in [0.25, 0.3) is 5.91 Å². The van der Waals surface area contributed by atoms with Gasteiger partial charge in [-0.2, -0.15) is 0 Å². The average Bonchev–Trinajstić information content (AvgIpc) is 2.92. The summed E-state index contributed by atoms with van der Waals surface area (Å²) in [6.07, 6.45) is 3.48. The van der Waals surface area contributed by atoms with Crippen LogP contribution in [0.3, 0.4) is 0 Å². The number of carbonyl (C=O) groups excluding carboxylic acids is 1. The first kappa shape index (κ1) is 16.7. The van der Waals surface area contributed by atoms with Crippen LogP contribution in [0.15, 0.2) is 30.3 Å². The average molecular weight is 327 g/mol. The number of H-pyrrole nitrogens is 1. The topological polar surface area (TPSA) is 68.4 Å². The first-order valence-corrected chi connectivity index (χ1v) is 8.48. The number of aliphatic hydroxyl groups excluding tert-OH is 1. The molecule has 0 saturated carbocycles. The van der Waals surface area contributed by atoms with Crippen LogP contribution in [0.2, 0.25) is 0 Å². The highest BCUT2D eigenvalue weighted by Gasteiger charge is 2.17. The van der Waals surface area contributed by atoms with E-state index in [1.807, 2.05) is 43.3 Å². The van der Waals surface area contributed by atoms with E-state index in [4.69, 9.17) is 0 Å².